The summed E-state index contributed by atoms with van der Waals surface area (Å²) in [6, 6.07) is 2.34. The number of halogens is 1. The van der Waals surface area contributed by atoms with E-state index in [-0.39, 0.29) is 11.3 Å². The van der Waals surface area contributed by atoms with Gasteiger partial charge in [-0.15, -0.1) is 0 Å². The first-order valence-corrected chi connectivity index (χ1v) is 7.53. The fourth-order valence-electron chi connectivity index (χ4n) is 2.94. The maximum atomic E-state index is 13.6. The van der Waals surface area contributed by atoms with Gasteiger partial charge in [-0.25, -0.2) is 9.18 Å². The molecule has 1 saturated carbocycles. The zero-order valence-corrected chi connectivity index (χ0v) is 12.4. The molecule has 0 bridgehead atoms. The number of carbonyl (C=O) groups is 1. The van der Waals surface area contributed by atoms with Crippen LogP contribution >= 0.6 is 0 Å². The van der Waals surface area contributed by atoms with Gasteiger partial charge in [0, 0.05) is 6.54 Å². The maximum Gasteiger partial charge on any atom is 0.338 e. The third-order valence-electron chi connectivity index (χ3n) is 4.37. The van der Waals surface area contributed by atoms with Crippen LogP contribution in [0.2, 0.25) is 0 Å². The Hall–Kier alpha value is -1.78. The molecule has 2 rings (SSSR count). The van der Waals surface area contributed by atoms with Crippen LogP contribution in [0.3, 0.4) is 0 Å². The van der Waals surface area contributed by atoms with E-state index in [0.717, 1.165) is 24.8 Å². The van der Waals surface area contributed by atoms with E-state index in [0.29, 0.717) is 5.69 Å². The molecule has 0 atom stereocenters. The van der Waals surface area contributed by atoms with Crippen molar-refractivity contribution in [3.63, 3.8) is 0 Å². The van der Waals surface area contributed by atoms with Gasteiger partial charge >= 0.3 is 5.97 Å². The second-order valence-corrected chi connectivity index (χ2v) is 6.07. The highest BCUT2D eigenvalue weighted by molar-refractivity contribution is 5.90. The van der Waals surface area contributed by atoms with Crippen LogP contribution in [-0.2, 0) is 0 Å². The largest absolute Gasteiger partial charge is 0.478 e. The predicted octanol–water partition coefficient (Wildman–Crippen LogP) is 3.73. The molecule has 4 N–H and O–H groups in total. The van der Waals surface area contributed by atoms with E-state index in [4.69, 9.17) is 10.8 Å². The van der Waals surface area contributed by atoms with Crippen molar-refractivity contribution in [1.29, 1.82) is 0 Å². The van der Waals surface area contributed by atoms with Crippen molar-refractivity contribution in [2.75, 3.05) is 17.6 Å². The molecule has 116 valence electrons. The summed E-state index contributed by atoms with van der Waals surface area (Å²) in [7, 11) is 0. The van der Waals surface area contributed by atoms with Crippen LogP contribution in [0.15, 0.2) is 12.1 Å². The number of benzene rings is 1. The monoisotopic (exact) mass is 294 g/mol. The summed E-state index contributed by atoms with van der Waals surface area (Å²) < 4.78 is 13.6. The molecule has 0 amide bonds. The number of aromatic carboxylic acids is 1. The van der Waals surface area contributed by atoms with Gasteiger partial charge in [0.25, 0.3) is 0 Å². The fraction of sp³-hybridized carbons (Fsp3) is 0.562. The summed E-state index contributed by atoms with van der Waals surface area (Å²) in [5.41, 5.74) is 6.13. The Morgan fingerprint density at radius 1 is 1.38 bits per heavy atom. The van der Waals surface area contributed by atoms with Crippen LogP contribution < -0.4 is 11.1 Å². The topological polar surface area (TPSA) is 75.3 Å². The molecule has 5 heteroatoms. The third-order valence-corrected chi connectivity index (χ3v) is 4.37. The summed E-state index contributed by atoms with van der Waals surface area (Å²) in [5, 5.41) is 12.0. The number of rotatable bonds is 5. The number of nitrogen functional groups attached to an aromatic ring is 1. The molecular weight excluding hydrogens is 271 g/mol. The molecule has 0 aromatic heterocycles. The molecule has 0 unspecified atom stereocenters. The minimum Gasteiger partial charge on any atom is -0.478 e. The quantitative estimate of drug-likeness (QED) is 0.723. The van der Waals surface area contributed by atoms with Gasteiger partial charge in [-0.05, 0) is 30.4 Å². The molecule has 21 heavy (non-hydrogen) atoms. The highest BCUT2D eigenvalue weighted by Gasteiger charge is 2.18. The van der Waals surface area contributed by atoms with Crippen LogP contribution in [-0.4, -0.2) is 17.6 Å². The van der Waals surface area contributed by atoms with Crippen LogP contribution in [0.1, 0.15) is 49.4 Å². The molecule has 0 saturated heterocycles. The lowest BCUT2D eigenvalue weighted by molar-refractivity contribution is 0.0692. The first-order chi connectivity index (χ1) is 9.97. The lowest BCUT2D eigenvalue weighted by Gasteiger charge is -2.26. The Morgan fingerprint density at radius 3 is 2.67 bits per heavy atom. The van der Waals surface area contributed by atoms with Gasteiger partial charge in [0.05, 0.1) is 16.9 Å². The summed E-state index contributed by atoms with van der Waals surface area (Å²) in [4.78, 5) is 10.8. The summed E-state index contributed by atoms with van der Waals surface area (Å²) in [6.07, 6.45) is 6.12. The number of nitrogens with one attached hydrogen (secondary N) is 1. The molecule has 1 aliphatic carbocycles. The highest BCUT2D eigenvalue weighted by atomic mass is 19.1. The number of hydrogen-bond donors (Lipinski definition) is 3. The fourth-order valence-corrected chi connectivity index (χ4v) is 2.94. The van der Waals surface area contributed by atoms with E-state index < -0.39 is 11.8 Å². The maximum absolute atomic E-state index is 13.6. The Kier molecular flexibility index (Phi) is 5.04. The number of nitrogens with two attached hydrogens (primary N) is 1. The van der Waals surface area contributed by atoms with Crippen LogP contribution in [0.25, 0.3) is 0 Å². The minimum absolute atomic E-state index is 0.270. The number of carboxylic acids is 1. The first kappa shape index (κ1) is 15.6. The lowest BCUT2D eigenvalue weighted by Crippen LogP contribution is -2.16. The average molecular weight is 294 g/mol. The molecule has 1 aromatic carbocycles. The summed E-state index contributed by atoms with van der Waals surface area (Å²) in [5.74, 6) is -0.506. The van der Waals surface area contributed by atoms with Gasteiger partial charge in [-0.3, -0.25) is 0 Å². The van der Waals surface area contributed by atoms with Crippen molar-refractivity contribution in [3.8, 4) is 0 Å². The van der Waals surface area contributed by atoms with Crippen LogP contribution in [0, 0.1) is 17.7 Å². The Balaban J connectivity index is 1.88. The van der Waals surface area contributed by atoms with Crippen LogP contribution in [0.5, 0.6) is 0 Å². The van der Waals surface area contributed by atoms with Gasteiger partial charge in [0.2, 0.25) is 0 Å². The smallest absolute Gasteiger partial charge is 0.338 e. The number of hydrogen-bond acceptors (Lipinski definition) is 3. The van der Waals surface area contributed by atoms with E-state index >= 15 is 0 Å². The molecule has 1 aliphatic rings. The zero-order chi connectivity index (χ0) is 15.4. The van der Waals surface area contributed by atoms with Crippen molar-refractivity contribution in [3.05, 3.63) is 23.5 Å². The summed E-state index contributed by atoms with van der Waals surface area (Å²) in [6.45, 7) is 3.02. The normalized spacial score (nSPS) is 22.0. The SMILES string of the molecule is CC1CCC(CCNc2cc(F)c(C(=O)O)cc2N)CC1. The predicted molar refractivity (Wildman–Crippen MR) is 82.0 cm³/mol. The minimum atomic E-state index is -1.30. The van der Waals surface area contributed by atoms with Gasteiger partial charge in [-0.2, -0.15) is 0 Å². The summed E-state index contributed by atoms with van der Waals surface area (Å²) >= 11 is 0. The van der Waals surface area contributed by atoms with Crippen molar-refractivity contribution in [2.45, 2.75) is 39.0 Å². The van der Waals surface area contributed by atoms with Gasteiger partial charge in [0.1, 0.15) is 5.82 Å². The highest BCUT2D eigenvalue weighted by Crippen LogP contribution is 2.30. The number of anilines is 2. The first-order valence-electron chi connectivity index (χ1n) is 7.53. The third kappa shape index (κ3) is 4.09. The van der Waals surface area contributed by atoms with Gasteiger partial charge < -0.3 is 16.2 Å². The van der Waals surface area contributed by atoms with Gasteiger partial charge in [-0.1, -0.05) is 32.6 Å². The second-order valence-electron chi connectivity index (χ2n) is 6.07. The van der Waals surface area contributed by atoms with Gasteiger partial charge in [0.15, 0.2) is 0 Å². The molecule has 0 heterocycles. The molecule has 0 spiro atoms. The standard InChI is InChI=1S/C16H23FN2O2/c1-10-2-4-11(5-3-10)6-7-19-15-9-13(17)12(16(20)21)8-14(15)18/h8-11,19H,2-7,18H2,1H3,(H,20,21). The van der Waals surface area contributed by atoms with Crippen molar-refractivity contribution >= 4 is 17.3 Å². The molecule has 0 radical (unpaired) electrons. The van der Waals surface area contributed by atoms with E-state index in [9.17, 15) is 9.18 Å². The number of carboxylic acid groups (broad SMARTS) is 1. The van der Waals surface area contributed by atoms with Crippen molar-refractivity contribution < 1.29 is 14.3 Å². The van der Waals surface area contributed by atoms with E-state index in [1.807, 2.05) is 0 Å². The average Bonchev–Trinajstić information content (AvgIpc) is 2.44. The van der Waals surface area contributed by atoms with E-state index in [1.165, 1.54) is 37.8 Å². The lowest BCUT2D eigenvalue weighted by atomic mass is 9.81. The zero-order valence-electron chi connectivity index (χ0n) is 12.4. The molecule has 4 nitrogen and oxygen atoms in total. The van der Waals surface area contributed by atoms with Crippen LogP contribution in [0.4, 0.5) is 15.8 Å². The molecular formula is C16H23FN2O2. The van der Waals surface area contributed by atoms with E-state index in [1.54, 1.807) is 0 Å². The van der Waals surface area contributed by atoms with E-state index in [2.05, 4.69) is 12.2 Å². The Labute approximate surface area is 124 Å². The molecule has 1 aromatic rings. The molecule has 1 fully saturated rings. The Bertz CT molecular complexity index is 511. The molecule has 0 aliphatic heterocycles. The van der Waals surface area contributed by atoms with Crippen molar-refractivity contribution in [2.24, 2.45) is 11.8 Å². The Morgan fingerprint density at radius 2 is 2.05 bits per heavy atom. The second kappa shape index (κ2) is 6.78. The van der Waals surface area contributed by atoms with Crippen molar-refractivity contribution in [1.82, 2.24) is 0 Å².